The van der Waals surface area contributed by atoms with Crippen LogP contribution in [-0.4, -0.2) is 18.0 Å². The van der Waals surface area contributed by atoms with Crippen LogP contribution in [0, 0.1) is 5.92 Å². The summed E-state index contributed by atoms with van der Waals surface area (Å²) in [6.45, 7) is 8.40. The lowest BCUT2D eigenvalue weighted by molar-refractivity contribution is -0.123. The molecule has 0 aliphatic heterocycles. The Balaban J connectivity index is 3.64. The van der Waals surface area contributed by atoms with E-state index in [2.05, 4.69) is 19.2 Å². The minimum absolute atomic E-state index is 0.0189. The number of hydrogen-bond donors (Lipinski definition) is 2. The van der Waals surface area contributed by atoms with Crippen LogP contribution in [-0.2, 0) is 4.79 Å². The van der Waals surface area contributed by atoms with Crippen molar-refractivity contribution >= 4 is 5.91 Å². The Labute approximate surface area is 93.8 Å². The molecule has 0 saturated heterocycles. The van der Waals surface area contributed by atoms with Crippen LogP contribution < -0.4 is 11.1 Å². The van der Waals surface area contributed by atoms with E-state index in [1.165, 1.54) is 12.8 Å². The minimum Gasteiger partial charge on any atom is -0.352 e. The van der Waals surface area contributed by atoms with Crippen molar-refractivity contribution < 1.29 is 4.79 Å². The lowest BCUT2D eigenvalue weighted by atomic mass is 10.0. The van der Waals surface area contributed by atoms with Crippen LogP contribution in [0.15, 0.2) is 0 Å². The normalized spacial score (nSPS) is 15.1. The molecule has 0 radical (unpaired) electrons. The van der Waals surface area contributed by atoms with E-state index in [1.807, 2.05) is 13.8 Å². The third-order valence-electron chi connectivity index (χ3n) is 2.58. The molecule has 0 aliphatic rings. The summed E-state index contributed by atoms with van der Waals surface area (Å²) in [5.74, 6) is 0.723. The third-order valence-corrected chi connectivity index (χ3v) is 2.58. The monoisotopic (exact) mass is 214 g/mol. The molecule has 0 rings (SSSR count). The van der Waals surface area contributed by atoms with E-state index in [4.69, 9.17) is 5.73 Å². The first-order valence-corrected chi connectivity index (χ1v) is 6.03. The fourth-order valence-corrected chi connectivity index (χ4v) is 1.44. The summed E-state index contributed by atoms with van der Waals surface area (Å²) >= 11 is 0. The van der Waals surface area contributed by atoms with Crippen LogP contribution in [0.3, 0.4) is 0 Å². The molecule has 1 unspecified atom stereocenters. The smallest absolute Gasteiger partial charge is 0.237 e. The Morgan fingerprint density at radius 1 is 1.27 bits per heavy atom. The highest BCUT2D eigenvalue weighted by atomic mass is 16.2. The van der Waals surface area contributed by atoms with E-state index < -0.39 is 0 Å². The van der Waals surface area contributed by atoms with Crippen LogP contribution in [0.2, 0.25) is 0 Å². The second kappa shape index (κ2) is 7.69. The van der Waals surface area contributed by atoms with Gasteiger partial charge in [0.2, 0.25) is 5.91 Å². The summed E-state index contributed by atoms with van der Waals surface area (Å²) < 4.78 is 0. The molecule has 0 aliphatic carbocycles. The van der Waals surface area contributed by atoms with Crippen LogP contribution in [0.1, 0.15) is 53.4 Å². The molecule has 0 aromatic carbocycles. The average Bonchev–Trinajstić information content (AvgIpc) is 2.15. The van der Waals surface area contributed by atoms with Crippen molar-refractivity contribution in [1.29, 1.82) is 0 Å². The van der Waals surface area contributed by atoms with Crippen molar-refractivity contribution in [2.75, 3.05) is 0 Å². The first kappa shape index (κ1) is 14.4. The molecule has 2 atom stereocenters. The zero-order valence-corrected chi connectivity index (χ0v) is 10.5. The van der Waals surface area contributed by atoms with Crippen molar-refractivity contribution in [3.05, 3.63) is 0 Å². The number of carbonyl (C=O) groups excluding carboxylic acids is 1. The summed E-state index contributed by atoms with van der Waals surface area (Å²) in [6, 6.07) is -0.105. The number of hydrogen-bond acceptors (Lipinski definition) is 2. The van der Waals surface area contributed by atoms with Crippen molar-refractivity contribution in [2.45, 2.75) is 65.5 Å². The summed E-state index contributed by atoms with van der Waals surface area (Å²) in [7, 11) is 0. The molecule has 0 aromatic rings. The van der Waals surface area contributed by atoms with Crippen molar-refractivity contribution in [3.63, 3.8) is 0 Å². The van der Waals surface area contributed by atoms with Gasteiger partial charge in [0.15, 0.2) is 0 Å². The summed E-state index contributed by atoms with van der Waals surface area (Å²) in [5.41, 5.74) is 5.63. The van der Waals surface area contributed by atoms with Crippen LogP contribution >= 0.6 is 0 Å². The predicted octanol–water partition coefficient (Wildman–Crippen LogP) is 2.05. The first-order valence-electron chi connectivity index (χ1n) is 6.03. The molecule has 0 fully saturated rings. The highest BCUT2D eigenvalue weighted by molar-refractivity contribution is 5.81. The van der Waals surface area contributed by atoms with Gasteiger partial charge >= 0.3 is 0 Å². The van der Waals surface area contributed by atoms with Gasteiger partial charge in [0.1, 0.15) is 0 Å². The summed E-state index contributed by atoms with van der Waals surface area (Å²) in [6.07, 6.45) is 4.13. The SMILES string of the molecule is CC[C@@H](N)C(=O)NC(C)CCCC(C)C. The quantitative estimate of drug-likeness (QED) is 0.681. The van der Waals surface area contributed by atoms with Gasteiger partial charge in [-0.05, 0) is 25.7 Å². The molecule has 3 N–H and O–H groups in total. The number of nitrogens with two attached hydrogens (primary N) is 1. The number of amides is 1. The number of nitrogens with one attached hydrogen (secondary N) is 1. The van der Waals surface area contributed by atoms with E-state index in [0.29, 0.717) is 6.42 Å². The maximum absolute atomic E-state index is 11.4. The molecule has 0 saturated carbocycles. The first-order chi connectivity index (χ1) is 6.97. The second-order valence-electron chi connectivity index (χ2n) is 4.75. The van der Waals surface area contributed by atoms with E-state index in [0.717, 1.165) is 12.3 Å². The van der Waals surface area contributed by atoms with Gasteiger partial charge in [-0.1, -0.05) is 33.6 Å². The molecule has 90 valence electrons. The van der Waals surface area contributed by atoms with Crippen molar-refractivity contribution in [2.24, 2.45) is 11.7 Å². The van der Waals surface area contributed by atoms with Crippen LogP contribution in [0.5, 0.6) is 0 Å². The molecule has 0 spiro atoms. The maximum Gasteiger partial charge on any atom is 0.237 e. The Bertz CT molecular complexity index is 180. The Morgan fingerprint density at radius 2 is 1.87 bits per heavy atom. The molecule has 3 heteroatoms. The average molecular weight is 214 g/mol. The highest BCUT2D eigenvalue weighted by Crippen LogP contribution is 2.08. The Kier molecular flexibility index (Phi) is 7.39. The Morgan fingerprint density at radius 3 is 2.33 bits per heavy atom. The molecule has 3 nitrogen and oxygen atoms in total. The van der Waals surface area contributed by atoms with Gasteiger partial charge in [-0.2, -0.15) is 0 Å². The second-order valence-corrected chi connectivity index (χ2v) is 4.75. The zero-order valence-electron chi connectivity index (χ0n) is 10.5. The maximum atomic E-state index is 11.4. The van der Waals surface area contributed by atoms with Gasteiger partial charge in [0.05, 0.1) is 6.04 Å². The lowest BCUT2D eigenvalue weighted by Gasteiger charge is -2.17. The third kappa shape index (κ3) is 7.37. The highest BCUT2D eigenvalue weighted by Gasteiger charge is 2.13. The van der Waals surface area contributed by atoms with Crippen molar-refractivity contribution in [3.8, 4) is 0 Å². The van der Waals surface area contributed by atoms with E-state index in [9.17, 15) is 4.79 Å². The van der Waals surface area contributed by atoms with Gasteiger partial charge in [-0.3, -0.25) is 4.79 Å². The van der Waals surface area contributed by atoms with Gasteiger partial charge in [0, 0.05) is 6.04 Å². The van der Waals surface area contributed by atoms with Gasteiger partial charge in [-0.15, -0.1) is 0 Å². The van der Waals surface area contributed by atoms with E-state index in [-0.39, 0.29) is 18.0 Å². The Hall–Kier alpha value is -0.570. The number of carbonyl (C=O) groups is 1. The molecule has 0 bridgehead atoms. The molecule has 15 heavy (non-hydrogen) atoms. The summed E-state index contributed by atoms with van der Waals surface area (Å²) in [4.78, 5) is 11.4. The standard InChI is InChI=1S/C12H26N2O/c1-5-11(13)12(15)14-10(4)8-6-7-9(2)3/h9-11H,5-8,13H2,1-4H3,(H,14,15)/t10?,11-/m1/s1. The fraction of sp³-hybridized carbons (Fsp3) is 0.917. The predicted molar refractivity (Wildman–Crippen MR) is 64.6 cm³/mol. The fourth-order valence-electron chi connectivity index (χ4n) is 1.44. The van der Waals surface area contributed by atoms with Gasteiger partial charge < -0.3 is 11.1 Å². The molecular formula is C12H26N2O. The van der Waals surface area contributed by atoms with Crippen LogP contribution in [0.25, 0.3) is 0 Å². The topological polar surface area (TPSA) is 55.1 Å². The minimum atomic E-state index is -0.349. The molecular weight excluding hydrogens is 188 g/mol. The van der Waals surface area contributed by atoms with Crippen LogP contribution in [0.4, 0.5) is 0 Å². The largest absolute Gasteiger partial charge is 0.352 e. The zero-order chi connectivity index (χ0) is 11.8. The van der Waals surface area contributed by atoms with Gasteiger partial charge in [0.25, 0.3) is 0 Å². The van der Waals surface area contributed by atoms with E-state index in [1.54, 1.807) is 0 Å². The molecule has 1 amide bonds. The van der Waals surface area contributed by atoms with E-state index >= 15 is 0 Å². The lowest BCUT2D eigenvalue weighted by Crippen LogP contribution is -2.44. The molecule has 0 heterocycles. The van der Waals surface area contributed by atoms with Crippen molar-refractivity contribution in [1.82, 2.24) is 5.32 Å². The number of rotatable bonds is 7. The molecule has 0 aromatic heterocycles. The van der Waals surface area contributed by atoms with Gasteiger partial charge in [-0.25, -0.2) is 0 Å². The summed E-state index contributed by atoms with van der Waals surface area (Å²) in [5, 5.41) is 2.94.